The number of para-hydroxylation sites is 1. The highest BCUT2D eigenvalue weighted by atomic mass is 35.5. The molecule has 180 valence electrons. The molecule has 1 atom stereocenters. The van der Waals surface area contributed by atoms with Gasteiger partial charge in [0, 0.05) is 30.6 Å². The van der Waals surface area contributed by atoms with E-state index < -0.39 is 12.5 Å². The van der Waals surface area contributed by atoms with Crippen LogP contribution in [0.3, 0.4) is 0 Å². The fourth-order valence-corrected chi connectivity index (χ4v) is 4.03. The van der Waals surface area contributed by atoms with Gasteiger partial charge in [-0.25, -0.2) is 0 Å². The number of carbonyl (C=O) groups is 1. The number of nitrogens with zero attached hydrogens (tertiary/aromatic N) is 2. The van der Waals surface area contributed by atoms with Crippen LogP contribution in [0.25, 0.3) is 11.1 Å². The van der Waals surface area contributed by atoms with Crippen molar-refractivity contribution in [3.63, 3.8) is 0 Å². The number of nitrogens with one attached hydrogen (secondary N) is 2. The zero-order chi connectivity index (χ0) is 24.0. The topological polar surface area (TPSA) is 77.1 Å². The van der Waals surface area contributed by atoms with E-state index in [-0.39, 0.29) is 22.2 Å². The molecule has 33 heavy (non-hydrogen) atoms. The highest BCUT2D eigenvalue weighted by Crippen LogP contribution is 2.38. The van der Waals surface area contributed by atoms with Gasteiger partial charge in [-0.1, -0.05) is 41.0 Å². The number of hydrogen-bond acceptors (Lipinski definition) is 6. The first-order valence-corrected chi connectivity index (χ1v) is 10.9. The number of hydrazine groups is 1. The van der Waals surface area contributed by atoms with Crippen LogP contribution < -0.4 is 15.5 Å². The summed E-state index contributed by atoms with van der Waals surface area (Å²) >= 11 is 6.36. The Kier molecular flexibility index (Phi) is 8.41. The van der Waals surface area contributed by atoms with Gasteiger partial charge in [-0.2, -0.15) is 0 Å². The van der Waals surface area contributed by atoms with Gasteiger partial charge in [0.15, 0.2) is 0 Å². The van der Waals surface area contributed by atoms with E-state index in [1.807, 2.05) is 0 Å². The first kappa shape index (κ1) is 25.1. The minimum atomic E-state index is -4.84. The molecule has 0 spiro atoms. The van der Waals surface area contributed by atoms with Gasteiger partial charge in [0.2, 0.25) is 5.91 Å². The smallest absolute Gasteiger partial charge is 0.405 e. The minimum absolute atomic E-state index is 0.0652. The lowest BCUT2D eigenvalue weighted by Gasteiger charge is -2.39. The van der Waals surface area contributed by atoms with Crippen molar-refractivity contribution in [3.05, 3.63) is 47.5 Å². The van der Waals surface area contributed by atoms with Crippen LogP contribution in [0, 0.1) is 0 Å². The van der Waals surface area contributed by atoms with E-state index in [1.54, 1.807) is 24.1 Å². The number of likely N-dealkylation sites (tertiary alicyclic amines) is 1. The van der Waals surface area contributed by atoms with Gasteiger partial charge in [-0.15, -0.1) is 13.2 Å². The van der Waals surface area contributed by atoms with E-state index in [0.29, 0.717) is 37.2 Å². The number of alkyl halides is 3. The van der Waals surface area contributed by atoms with Crippen molar-refractivity contribution >= 4 is 23.2 Å². The molecule has 1 aliphatic rings. The van der Waals surface area contributed by atoms with Crippen LogP contribution in [0.1, 0.15) is 25.7 Å². The normalized spacial score (nSPS) is 16.7. The summed E-state index contributed by atoms with van der Waals surface area (Å²) in [5, 5.41) is 14.6. The SMILES string of the molecule is CNCCC(=O)N1CCCCC1N(O)Nc1ccc(-c2ccccc2OC(F)(F)F)c(Cl)c1. The summed E-state index contributed by atoms with van der Waals surface area (Å²) in [6, 6.07) is 10.3. The van der Waals surface area contributed by atoms with Gasteiger partial charge in [-0.05, 0) is 44.5 Å². The molecule has 2 aromatic carbocycles. The molecule has 1 heterocycles. The fraction of sp³-hybridized carbons (Fsp3) is 0.409. The molecule has 2 aromatic rings. The van der Waals surface area contributed by atoms with Gasteiger partial charge in [-0.3, -0.25) is 15.4 Å². The molecule has 1 unspecified atom stereocenters. The molecule has 1 saturated heterocycles. The third-order valence-corrected chi connectivity index (χ3v) is 5.59. The molecule has 0 bridgehead atoms. The molecule has 7 nitrogen and oxygen atoms in total. The van der Waals surface area contributed by atoms with Gasteiger partial charge in [0.25, 0.3) is 0 Å². The van der Waals surface area contributed by atoms with E-state index in [2.05, 4.69) is 15.5 Å². The van der Waals surface area contributed by atoms with E-state index in [4.69, 9.17) is 11.6 Å². The number of rotatable bonds is 8. The van der Waals surface area contributed by atoms with Crippen LogP contribution >= 0.6 is 11.6 Å². The van der Waals surface area contributed by atoms with Crippen molar-refractivity contribution in [1.82, 2.24) is 15.4 Å². The second kappa shape index (κ2) is 11.1. The summed E-state index contributed by atoms with van der Waals surface area (Å²) in [5.41, 5.74) is 3.74. The standard InChI is InChI=1S/C22H26ClF3N4O3/c1-27-12-11-21(31)29-13-5-4-8-20(29)30(32)28-15-9-10-16(18(23)14-15)17-6-2-3-7-19(17)33-22(24,25)26/h2-3,6-7,9-10,14,20,27-28,32H,4-5,8,11-13H2,1H3. The van der Waals surface area contributed by atoms with Crippen molar-refractivity contribution in [3.8, 4) is 16.9 Å². The Hall–Kier alpha value is -2.53. The average molecular weight is 487 g/mol. The third kappa shape index (κ3) is 6.73. The van der Waals surface area contributed by atoms with Crippen LogP contribution in [0.15, 0.2) is 42.5 Å². The summed E-state index contributed by atoms with van der Waals surface area (Å²) in [5.74, 6) is -0.432. The van der Waals surface area contributed by atoms with Crippen molar-refractivity contribution < 1.29 is 27.9 Å². The van der Waals surface area contributed by atoms with Crippen LogP contribution in [-0.4, -0.2) is 53.9 Å². The van der Waals surface area contributed by atoms with Gasteiger partial charge in [0.05, 0.1) is 10.7 Å². The number of hydroxylamine groups is 1. The predicted octanol–water partition coefficient (Wildman–Crippen LogP) is 4.87. The van der Waals surface area contributed by atoms with Gasteiger partial charge >= 0.3 is 6.36 Å². The molecule has 0 aromatic heterocycles. The summed E-state index contributed by atoms with van der Waals surface area (Å²) in [7, 11) is 1.77. The second-order valence-corrected chi connectivity index (χ2v) is 8.02. The summed E-state index contributed by atoms with van der Waals surface area (Å²) < 4.78 is 42.4. The first-order chi connectivity index (χ1) is 15.7. The van der Waals surface area contributed by atoms with E-state index in [0.717, 1.165) is 18.0 Å². The molecular formula is C22H26ClF3N4O3. The number of piperidine rings is 1. The van der Waals surface area contributed by atoms with Gasteiger partial charge in [0.1, 0.15) is 11.9 Å². The lowest BCUT2D eigenvalue weighted by Crippen LogP contribution is -2.54. The zero-order valence-corrected chi connectivity index (χ0v) is 18.8. The average Bonchev–Trinajstić information content (AvgIpc) is 2.77. The van der Waals surface area contributed by atoms with Crippen molar-refractivity contribution in [1.29, 1.82) is 0 Å². The van der Waals surface area contributed by atoms with E-state index >= 15 is 0 Å². The number of halogens is 4. The Labute approximate surface area is 195 Å². The monoisotopic (exact) mass is 486 g/mol. The molecule has 1 fully saturated rings. The maximum absolute atomic E-state index is 12.7. The molecule has 1 aliphatic heterocycles. The summed E-state index contributed by atoms with van der Waals surface area (Å²) in [6.07, 6.45) is -2.77. The maximum Gasteiger partial charge on any atom is 0.573 e. The largest absolute Gasteiger partial charge is 0.573 e. The number of carbonyl (C=O) groups excluding carboxylic acids is 1. The van der Waals surface area contributed by atoms with Crippen molar-refractivity contribution in [2.75, 3.05) is 25.6 Å². The van der Waals surface area contributed by atoms with Crippen LogP contribution in [-0.2, 0) is 4.79 Å². The van der Waals surface area contributed by atoms with E-state index in [9.17, 15) is 23.2 Å². The summed E-state index contributed by atoms with van der Waals surface area (Å²) in [4.78, 5) is 14.2. The molecule has 3 rings (SSSR count). The maximum atomic E-state index is 12.7. The highest BCUT2D eigenvalue weighted by Gasteiger charge is 2.33. The molecule has 0 radical (unpaired) electrons. The molecule has 11 heteroatoms. The van der Waals surface area contributed by atoms with Gasteiger partial charge < -0.3 is 15.0 Å². The van der Waals surface area contributed by atoms with Crippen LogP contribution in [0.2, 0.25) is 5.02 Å². The van der Waals surface area contributed by atoms with E-state index in [1.165, 1.54) is 30.3 Å². The Morgan fingerprint density at radius 2 is 2.00 bits per heavy atom. The summed E-state index contributed by atoms with van der Waals surface area (Å²) in [6.45, 7) is 1.08. The Bertz CT molecular complexity index is 961. The zero-order valence-electron chi connectivity index (χ0n) is 18.0. The number of ether oxygens (including phenoxy) is 1. The van der Waals surface area contributed by atoms with Crippen LogP contribution in [0.5, 0.6) is 5.75 Å². The van der Waals surface area contributed by atoms with Crippen LogP contribution in [0.4, 0.5) is 18.9 Å². The third-order valence-electron chi connectivity index (χ3n) is 5.28. The number of amides is 1. The Balaban J connectivity index is 1.76. The Morgan fingerprint density at radius 1 is 1.24 bits per heavy atom. The molecular weight excluding hydrogens is 461 g/mol. The number of anilines is 1. The highest BCUT2D eigenvalue weighted by molar-refractivity contribution is 6.33. The van der Waals surface area contributed by atoms with Crippen molar-refractivity contribution in [2.24, 2.45) is 0 Å². The molecule has 0 saturated carbocycles. The lowest BCUT2D eigenvalue weighted by molar-refractivity contribution is -0.274. The molecule has 1 amide bonds. The number of hydrogen-bond donors (Lipinski definition) is 3. The second-order valence-electron chi connectivity index (χ2n) is 7.61. The Morgan fingerprint density at radius 3 is 2.70 bits per heavy atom. The molecule has 0 aliphatic carbocycles. The van der Waals surface area contributed by atoms with Crippen molar-refractivity contribution in [2.45, 2.75) is 38.2 Å². The lowest BCUT2D eigenvalue weighted by atomic mass is 10.0. The first-order valence-electron chi connectivity index (χ1n) is 10.5. The minimum Gasteiger partial charge on any atom is -0.405 e. The predicted molar refractivity (Wildman–Crippen MR) is 119 cm³/mol. The quantitative estimate of drug-likeness (QED) is 0.462. The molecule has 3 N–H and O–H groups in total. The fourth-order valence-electron chi connectivity index (χ4n) is 3.75. The number of benzene rings is 2.